The molecule has 6 heteroatoms. The van der Waals surface area contributed by atoms with Crippen LogP contribution in [0.25, 0.3) is 0 Å². The minimum atomic E-state index is 0.0166. The summed E-state index contributed by atoms with van der Waals surface area (Å²) in [6.07, 6.45) is 10.7. The highest BCUT2D eigenvalue weighted by Gasteiger charge is 2.29. The van der Waals surface area contributed by atoms with Crippen molar-refractivity contribution < 1.29 is 4.79 Å². The number of aromatic nitrogens is 1. The molecule has 1 aromatic rings. The molecule has 4 rings (SSSR count). The molecule has 2 aliphatic heterocycles. The second-order valence-corrected chi connectivity index (χ2v) is 8.83. The van der Waals surface area contributed by atoms with Crippen molar-refractivity contribution in [1.82, 2.24) is 14.8 Å². The fraction of sp³-hybridized carbons (Fsp3) is 0.727. The van der Waals surface area contributed by atoms with Crippen LogP contribution in [0.4, 0.5) is 16.3 Å². The van der Waals surface area contributed by atoms with Gasteiger partial charge in [-0.2, -0.15) is 0 Å². The molecule has 2 saturated heterocycles. The molecule has 28 heavy (non-hydrogen) atoms. The predicted molar refractivity (Wildman–Crippen MR) is 114 cm³/mol. The minimum absolute atomic E-state index is 0.0166. The molecule has 0 bridgehead atoms. The van der Waals surface area contributed by atoms with Gasteiger partial charge in [-0.3, -0.25) is 4.90 Å². The molecule has 2 amide bonds. The smallest absolute Gasteiger partial charge is 0.322 e. The molecule has 1 N–H and O–H groups in total. The number of hydrogen-bond donors (Lipinski definition) is 1. The molecule has 1 aromatic heterocycles. The third-order valence-corrected chi connectivity index (χ3v) is 6.90. The van der Waals surface area contributed by atoms with Crippen molar-refractivity contribution in [2.45, 2.75) is 76.9 Å². The number of pyridine rings is 1. The van der Waals surface area contributed by atoms with Gasteiger partial charge in [0.15, 0.2) is 0 Å². The first-order valence-electron chi connectivity index (χ1n) is 11.2. The maximum Gasteiger partial charge on any atom is 0.322 e. The van der Waals surface area contributed by atoms with Crippen LogP contribution >= 0.6 is 0 Å². The van der Waals surface area contributed by atoms with Gasteiger partial charge in [0.25, 0.3) is 0 Å². The number of nitrogens with zero attached hydrogens (tertiary/aromatic N) is 4. The highest BCUT2D eigenvalue weighted by Crippen LogP contribution is 2.27. The van der Waals surface area contributed by atoms with Crippen LogP contribution < -0.4 is 10.2 Å². The Bertz CT molecular complexity index is 657. The Hall–Kier alpha value is -1.82. The third-order valence-electron chi connectivity index (χ3n) is 6.90. The first-order chi connectivity index (χ1) is 13.6. The van der Waals surface area contributed by atoms with Gasteiger partial charge in [0.1, 0.15) is 5.82 Å². The van der Waals surface area contributed by atoms with E-state index < -0.39 is 0 Å². The zero-order chi connectivity index (χ0) is 19.5. The lowest BCUT2D eigenvalue weighted by Crippen LogP contribution is -2.50. The van der Waals surface area contributed by atoms with E-state index in [-0.39, 0.29) is 6.03 Å². The first kappa shape index (κ1) is 19.5. The Labute approximate surface area is 169 Å². The van der Waals surface area contributed by atoms with E-state index in [1.165, 1.54) is 32.1 Å². The zero-order valence-electron chi connectivity index (χ0n) is 17.4. The molecule has 0 unspecified atom stereocenters. The number of rotatable bonds is 3. The van der Waals surface area contributed by atoms with Crippen molar-refractivity contribution in [2.75, 3.05) is 36.4 Å². The SMILES string of the molecule is C[C@@H]1CCC[C@H](C)N1C(=O)Nc1ccnc(N2CCN(C3CCCC3)CC2)c1. The molecule has 3 aliphatic rings. The van der Waals surface area contributed by atoms with Crippen molar-refractivity contribution in [3.8, 4) is 0 Å². The monoisotopic (exact) mass is 385 g/mol. The molecule has 154 valence electrons. The normalized spacial score (nSPS) is 27.2. The number of piperazine rings is 1. The van der Waals surface area contributed by atoms with Crippen molar-refractivity contribution in [1.29, 1.82) is 0 Å². The largest absolute Gasteiger partial charge is 0.354 e. The number of hydrogen-bond acceptors (Lipinski definition) is 4. The van der Waals surface area contributed by atoms with Gasteiger partial charge < -0.3 is 15.1 Å². The van der Waals surface area contributed by atoms with E-state index in [0.29, 0.717) is 12.1 Å². The van der Waals surface area contributed by atoms with Crippen LogP contribution in [0.1, 0.15) is 58.8 Å². The lowest BCUT2D eigenvalue weighted by Gasteiger charge is -2.39. The van der Waals surface area contributed by atoms with Crippen molar-refractivity contribution in [2.24, 2.45) is 0 Å². The highest BCUT2D eigenvalue weighted by molar-refractivity contribution is 5.90. The molecule has 2 atom stereocenters. The van der Waals surface area contributed by atoms with E-state index in [1.54, 1.807) is 0 Å². The van der Waals surface area contributed by atoms with Gasteiger partial charge in [-0.1, -0.05) is 12.8 Å². The van der Waals surface area contributed by atoms with Crippen LogP contribution in [-0.4, -0.2) is 65.1 Å². The number of nitrogens with one attached hydrogen (secondary N) is 1. The zero-order valence-corrected chi connectivity index (χ0v) is 17.4. The van der Waals surface area contributed by atoms with E-state index >= 15 is 0 Å². The number of likely N-dealkylation sites (tertiary alicyclic amines) is 1. The fourth-order valence-corrected chi connectivity index (χ4v) is 5.26. The molecule has 0 aromatic carbocycles. The summed E-state index contributed by atoms with van der Waals surface area (Å²) in [4.78, 5) is 24.4. The number of carbonyl (C=O) groups excluding carboxylic acids is 1. The second-order valence-electron chi connectivity index (χ2n) is 8.83. The molecule has 1 saturated carbocycles. The average molecular weight is 386 g/mol. The highest BCUT2D eigenvalue weighted by atomic mass is 16.2. The summed E-state index contributed by atoms with van der Waals surface area (Å²) < 4.78 is 0. The van der Waals surface area contributed by atoms with Crippen LogP contribution in [0.15, 0.2) is 18.3 Å². The number of carbonyl (C=O) groups is 1. The predicted octanol–water partition coefficient (Wildman–Crippen LogP) is 3.94. The number of anilines is 2. The molecule has 0 radical (unpaired) electrons. The average Bonchev–Trinajstić information content (AvgIpc) is 3.23. The molecule has 0 spiro atoms. The summed E-state index contributed by atoms with van der Waals surface area (Å²) in [7, 11) is 0. The first-order valence-corrected chi connectivity index (χ1v) is 11.2. The van der Waals surface area contributed by atoms with Gasteiger partial charge in [0.05, 0.1) is 0 Å². The Morgan fingerprint density at radius 3 is 2.36 bits per heavy atom. The third kappa shape index (κ3) is 4.27. The van der Waals surface area contributed by atoms with Gasteiger partial charge in [-0.25, -0.2) is 9.78 Å². The number of urea groups is 1. The van der Waals surface area contributed by atoms with Crippen LogP contribution in [0.3, 0.4) is 0 Å². The number of piperidine rings is 1. The van der Waals surface area contributed by atoms with Gasteiger partial charge >= 0.3 is 6.03 Å². The quantitative estimate of drug-likeness (QED) is 0.856. The molecular formula is C22H35N5O. The molecular weight excluding hydrogens is 350 g/mol. The Morgan fingerprint density at radius 2 is 1.68 bits per heavy atom. The summed E-state index contributed by atoms with van der Waals surface area (Å²) in [6, 6.07) is 5.34. The lowest BCUT2D eigenvalue weighted by atomic mass is 9.98. The fourth-order valence-electron chi connectivity index (χ4n) is 5.26. The van der Waals surface area contributed by atoms with E-state index in [4.69, 9.17) is 0 Å². The Balaban J connectivity index is 1.36. The van der Waals surface area contributed by atoms with Gasteiger partial charge in [-0.15, -0.1) is 0 Å². The summed E-state index contributed by atoms with van der Waals surface area (Å²) in [5.41, 5.74) is 0.846. The summed E-state index contributed by atoms with van der Waals surface area (Å²) >= 11 is 0. The van der Waals surface area contributed by atoms with E-state index in [2.05, 4.69) is 33.9 Å². The Kier molecular flexibility index (Phi) is 6.04. The maximum absolute atomic E-state index is 12.8. The van der Waals surface area contributed by atoms with Gasteiger partial charge in [0, 0.05) is 62.3 Å². The summed E-state index contributed by atoms with van der Waals surface area (Å²) in [5, 5.41) is 3.12. The van der Waals surface area contributed by atoms with E-state index in [9.17, 15) is 4.79 Å². The standard InChI is InChI=1S/C22H35N5O/c1-17-6-5-7-18(2)27(17)22(28)24-19-10-11-23-21(16-19)26-14-12-25(13-15-26)20-8-3-4-9-20/h10-11,16-18,20H,3-9,12-15H2,1-2H3,(H,23,24,28)/t17-,18+. The summed E-state index contributed by atoms with van der Waals surface area (Å²) in [6.45, 7) is 8.56. The van der Waals surface area contributed by atoms with Crippen LogP contribution in [0.5, 0.6) is 0 Å². The van der Waals surface area contributed by atoms with Crippen LogP contribution in [0.2, 0.25) is 0 Å². The van der Waals surface area contributed by atoms with Crippen LogP contribution in [0, 0.1) is 0 Å². The molecule has 6 nitrogen and oxygen atoms in total. The van der Waals surface area contributed by atoms with Crippen molar-refractivity contribution in [3.63, 3.8) is 0 Å². The Morgan fingerprint density at radius 1 is 1.00 bits per heavy atom. The van der Waals surface area contributed by atoms with Crippen molar-refractivity contribution in [3.05, 3.63) is 18.3 Å². The summed E-state index contributed by atoms with van der Waals surface area (Å²) in [5.74, 6) is 0.976. The molecule has 1 aliphatic carbocycles. The van der Waals surface area contributed by atoms with Crippen molar-refractivity contribution >= 4 is 17.5 Å². The van der Waals surface area contributed by atoms with Gasteiger partial charge in [0.2, 0.25) is 0 Å². The van der Waals surface area contributed by atoms with Crippen LogP contribution in [-0.2, 0) is 0 Å². The molecule has 3 heterocycles. The number of amides is 2. The maximum atomic E-state index is 12.8. The lowest BCUT2D eigenvalue weighted by molar-refractivity contribution is 0.133. The molecule has 3 fully saturated rings. The second kappa shape index (κ2) is 8.68. The van der Waals surface area contributed by atoms with E-state index in [1.807, 2.05) is 23.2 Å². The van der Waals surface area contributed by atoms with E-state index in [0.717, 1.165) is 56.6 Å². The topological polar surface area (TPSA) is 51.7 Å². The van der Waals surface area contributed by atoms with Gasteiger partial charge in [-0.05, 0) is 52.0 Å². The minimum Gasteiger partial charge on any atom is -0.354 e.